The summed E-state index contributed by atoms with van der Waals surface area (Å²) in [5.41, 5.74) is 6.87. The highest BCUT2D eigenvalue weighted by Crippen LogP contribution is 2.06. The van der Waals surface area contributed by atoms with Crippen LogP contribution in [-0.4, -0.2) is 10.9 Å². The van der Waals surface area contributed by atoms with Gasteiger partial charge in [-0.2, -0.15) is 0 Å². The van der Waals surface area contributed by atoms with Crippen LogP contribution in [0.5, 0.6) is 0 Å². The Morgan fingerprint density at radius 1 is 1.75 bits per heavy atom. The van der Waals surface area contributed by atoms with Crippen molar-refractivity contribution in [2.75, 3.05) is 5.32 Å². The Hall–Kier alpha value is -1.42. The summed E-state index contributed by atoms with van der Waals surface area (Å²) < 4.78 is 0. The molecule has 0 aromatic carbocycles. The summed E-state index contributed by atoms with van der Waals surface area (Å²) in [7, 11) is 0. The van der Waals surface area contributed by atoms with Crippen molar-refractivity contribution in [2.24, 2.45) is 5.73 Å². The first kappa shape index (κ1) is 8.67. The lowest BCUT2D eigenvalue weighted by Crippen LogP contribution is -2.07. The molecule has 0 radical (unpaired) electrons. The van der Waals surface area contributed by atoms with E-state index in [1.807, 2.05) is 0 Å². The van der Waals surface area contributed by atoms with Gasteiger partial charge >= 0.3 is 0 Å². The molecule has 0 aliphatic heterocycles. The second-order valence-corrected chi connectivity index (χ2v) is 2.42. The van der Waals surface area contributed by atoms with E-state index in [0.717, 1.165) is 11.4 Å². The van der Waals surface area contributed by atoms with Gasteiger partial charge in [0.2, 0.25) is 5.91 Å². The number of carbonyl (C=O) groups is 1. The molecule has 0 spiro atoms. The molecule has 0 bridgehead atoms. The molecular weight excluding hydrogens is 154 g/mol. The summed E-state index contributed by atoms with van der Waals surface area (Å²) in [5, 5.41) is 2.64. The van der Waals surface area contributed by atoms with E-state index in [-0.39, 0.29) is 5.91 Å². The van der Waals surface area contributed by atoms with Crippen LogP contribution in [0.4, 0.5) is 5.69 Å². The monoisotopic (exact) mass is 165 g/mol. The number of nitrogens with two attached hydrogens (primary N) is 1. The molecule has 64 valence electrons. The minimum atomic E-state index is -0.0934. The van der Waals surface area contributed by atoms with Crippen LogP contribution < -0.4 is 11.1 Å². The van der Waals surface area contributed by atoms with Crippen molar-refractivity contribution in [3.63, 3.8) is 0 Å². The number of hydrogen-bond acceptors (Lipinski definition) is 3. The Bertz CT molecular complexity index is 285. The van der Waals surface area contributed by atoms with Crippen LogP contribution in [0, 0.1) is 0 Å². The molecule has 1 heterocycles. The van der Waals surface area contributed by atoms with Crippen molar-refractivity contribution in [1.29, 1.82) is 0 Å². The summed E-state index contributed by atoms with van der Waals surface area (Å²) in [6.45, 7) is 1.84. The van der Waals surface area contributed by atoms with Crippen LogP contribution in [0.25, 0.3) is 0 Å². The van der Waals surface area contributed by atoms with Crippen LogP contribution in [-0.2, 0) is 11.3 Å². The zero-order valence-corrected chi connectivity index (χ0v) is 6.87. The Kier molecular flexibility index (Phi) is 2.76. The van der Waals surface area contributed by atoms with Crippen molar-refractivity contribution in [3.05, 3.63) is 24.0 Å². The SMILES string of the molecule is CC(=O)Nc1ccnc(CN)c1. The van der Waals surface area contributed by atoms with Gasteiger partial charge in [-0.05, 0) is 12.1 Å². The fraction of sp³-hybridized carbons (Fsp3) is 0.250. The largest absolute Gasteiger partial charge is 0.326 e. The van der Waals surface area contributed by atoms with Gasteiger partial charge in [0.25, 0.3) is 0 Å². The van der Waals surface area contributed by atoms with Crippen LogP contribution >= 0.6 is 0 Å². The first-order valence-electron chi connectivity index (χ1n) is 3.65. The highest BCUT2D eigenvalue weighted by atomic mass is 16.1. The number of nitrogens with one attached hydrogen (secondary N) is 1. The molecule has 3 N–H and O–H groups in total. The summed E-state index contributed by atoms with van der Waals surface area (Å²) in [6, 6.07) is 3.47. The highest BCUT2D eigenvalue weighted by Gasteiger charge is 1.96. The molecule has 4 heteroatoms. The third kappa shape index (κ3) is 2.32. The van der Waals surface area contributed by atoms with Crippen LogP contribution in [0.1, 0.15) is 12.6 Å². The van der Waals surface area contributed by atoms with Gasteiger partial charge in [-0.1, -0.05) is 0 Å². The molecule has 0 saturated heterocycles. The zero-order chi connectivity index (χ0) is 8.97. The Morgan fingerprint density at radius 2 is 2.50 bits per heavy atom. The number of carbonyl (C=O) groups excluding carboxylic acids is 1. The predicted octanol–water partition coefficient (Wildman–Crippen LogP) is 0.499. The number of rotatable bonds is 2. The van der Waals surface area contributed by atoms with Gasteiger partial charge in [0.1, 0.15) is 0 Å². The molecule has 1 aromatic heterocycles. The predicted molar refractivity (Wildman–Crippen MR) is 46.4 cm³/mol. The maximum absolute atomic E-state index is 10.7. The standard InChI is InChI=1S/C8H11N3O/c1-6(12)11-7-2-3-10-8(4-7)5-9/h2-4H,5,9H2,1H3,(H,10,11,12). The van der Waals surface area contributed by atoms with E-state index >= 15 is 0 Å². The van der Waals surface area contributed by atoms with Gasteiger partial charge in [-0.15, -0.1) is 0 Å². The number of nitrogens with zero attached hydrogens (tertiary/aromatic N) is 1. The van der Waals surface area contributed by atoms with Gasteiger partial charge < -0.3 is 11.1 Å². The van der Waals surface area contributed by atoms with Gasteiger partial charge in [0.15, 0.2) is 0 Å². The molecule has 0 fully saturated rings. The Morgan fingerprint density at radius 3 is 3.08 bits per heavy atom. The average molecular weight is 165 g/mol. The second kappa shape index (κ2) is 3.82. The van der Waals surface area contributed by atoms with E-state index in [2.05, 4.69) is 10.3 Å². The van der Waals surface area contributed by atoms with E-state index in [4.69, 9.17) is 5.73 Å². The molecule has 1 rings (SSSR count). The number of anilines is 1. The molecule has 0 atom stereocenters. The quantitative estimate of drug-likeness (QED) is 0.670. The summed E-state index contributed by atoms with van der Waals surface area (Å²) in [5.74, 6) is -0.0934. The molecule has 0 aliphatic rings. The first-order chi connectivity index (χ1) is 5.72. The number of pyridine rings is 1. The Balaban J connectivity index is 2.79. The highest BCUT2D eigenvalue weighted by molar-refractivity contribution is 5.88. The maximum atomic E-state index is 10.7. The van der Waals surface area contributed by atoms with Crippen molar-refractivity contribution in [1.82, 2.24) is 4.98 Å². The van der Waals surface area contributed by atoms with Crippen LogP contribution in [0.15, 0.2) is 18.3 Å². The molecular formula is C8H11N3O. The molecule has 0 saturated carbocycles. The van der Waals surface area contributed by atoms with Crippen LogP contribution in [0.2, 0.25) is 0 Å². The van der Waals surface area contributed by atoms with E-state index in [9.17, 15) is 4.79 Å². The Labute approximate surface area is 70.8 Å². The van der Waals surface area contributed by atoms with E-state index in [1.54, 1.807) is 18.3 Å². The first-order valence-corrected chi connectivity index (χ1v) is 3.65. The normalized spacial score (nSPS) is 9.50. The molecule has 0 aliphatic carbocycles. The summed E-state index contributed by atoms with van der Waals surface area (Å²) >= 11 is 0. The fourth-order valence-corrected chi connectivity index (χ4v) is 0.871. The van der Waals surface area contributed by atoms with Crippen molar-refractivity contribution in [2.45, 2.75) is 13.5 Å². The van der Waals surface area contributed by atoms with Gasteiger partial charge in [0, 0.05) is 25.4 Å². The molecule has 12 heavy (non-hydrogen) atoms. The summed E-state index contributed by atoms with van der Waals surface area (Å²) in [4.78, 5) is 14.6. The van der Waals surface area contributed by atoms with Crippen LogP contribution in [0.3, 0.4) is 0 Å². The zero-order valence-electron chi connectivity index (χ0n) is 6.87. The van der Waals surface area contributed by atoms with E-state index in [1.165, 1.54) is 6.92 Å². The van der Waals surface area contributed by atoms with Gasteiger partial charge in [0.05, 0.1) is 5.69 Å². The second-order valence-electron chi connectivity index (χ2n) is 2.42. The van der Waals surface area contributed by atoms with Gasteiger partial charge in [-0.3, -0.25) is 9.78 Å². The molecule has 0 unspecified atom stereocenters. The minimum absolute atomic E-state index is 0.0934. The maximum Gasteiger partial charge on any atom is 0.221 e. The number of hydrogen-bond donors (Lipinski definition) is 2. The van der Waals surface area contributed by atoms with Crippen molar-refractivity contribution < 1.29 is 4.79 Å². The molecule has 1 aromatic rings. The number of aromatic nitrogens is 1. The van der Waals surface area contributed by atoms with Crippen molar-refractivity contribution in [3.8, 4) is 0 Å². The van der Waals surface area contributed by atoms with E-state index in [0.29, 0.717) is 6.54 Å². The number of amides is 1. The lowest BCUT2D eigenvalue weighted by molar-refractivity contribution is -0.114. The van der Waals surface area contributed by atoms with Gasteiger partial charge in [-0.25, -0.2) is 0 Å². The van der Waals surface area contributed by atoms with E-state index < -0.39 is 0 Å². The third-order valence-electron chi connectivity index (χ3n) is 1.35. The average Bonchev–Trinajstić information content (AvgIpc) is 2.03. The topological polar surface area (TPSA) is 68.0 Å². The minimum Gasteiger partial charge on any atom is -0.326 e. The lowest BCUT2D eigenvalue weighted by atomic mass is 10.3. The summed E-state index contributed by atoms with van der Waals surface area (Å²) in [6.07, 6.45) is 1.62. The smallest absolute Gasteiger partial charge is 0.221 e. The van der Waals surface area contributed by atoms with Crippen molar-refractivity contribution >= 4 is 11.6 Å². The lowest BCUT2D eigenvalue weighted by Gasteiger charge is -2.02. The third-order valence-corrected chi connectivity index (χ3v) is 1.35. The molecule has 4 nitrogen and oxygen atoms in total. The molecule has 1 amide bonds. The fourth-order valence-electron chi connectivity index (χ4n) is 0.871.